The highest BCUT2D eigenvalue weighted by molar-refractivity contribution is 14.0. The summed E-state index contributed by atoms with van der Waals surface area (Å²) in [5, 5.41) is 10.9. The zero-order chi connectivity index (χ0) is 17.3. The van der Waals surface area contributed by atoms with Crippen molar-refractivity contribution in [3.8, 4) is 5.69 Å². The number of guanidine groups is 1. The van der Waals surface area contributed by atoms with E-state index < -0.39 is 0 Å². The molecular weight excluding hydrogens is 437 g/mol. The van der Waals surface area contributed by atoms with Crippen LogP contribution in [-0.2, 0) is 13.1 Å². The molecule has 0 unspecified atom stereocenters. The fourth-order valence-corrected chi connectivity index (χ4v) is 2.51. The number of aliphatic imine (C=N–C) groups is 1. The van der Waals surface area contributed by atoms with Crippen molar-refractivity contribution in [3.63, 3.8) is 0 Å². The number of aromatic nitrogens is 2. The molecule has 5 nitrogen and oxygen atoms in total. The van der Waals surface area contributed by atoms with Crippen LogP contribution in [0.5, 0.6) is 0 Å². The van der Waals surface area contributed by atoms with E-state index in [2.05, 4.69) is 51.9 Å². The van der Waals surface area contributed by atoms with Gasteiger partial charge in [0.1, 0.15) is 0 Å². The fraction of sp³-hybridized carbons (Fsp3) is 0.200. The highest BCUT2D eigenvalue weighted by atomic mass is 127. The van der Waals surface area contributed by atoms with Gasteiger partial charge in [-0.25, -0.2) is 9.67 Å². The minimum atomic E-state index is 0. The SMILES string of the molecule is CCNC(=NCc1cccc(-n2cccn2)c1)NCc1ccccc1.I. The molecule has 0 saturated heterocycles. The number of halogens is 1. The van der Waals surface area contributed by atoms with Crippen molar-refractivity contribution in [2.24, 2.45) is 4.99 Å². The van der Waals surface area contributed by atoms with E-state index in [1.165, 1.54) is 5.56 Å². The number of hydrogen-bond donors (Lipinski definition) is 2. The van der Waals surface area contributed by atoms with Crippen molar-refractivity contribution in [1.82, 2.24) is 20.4 Å². The van der Waals surface area contributed by atoms with Crippen LogP contribution in [0.1, 0.15) is 18.1 Å². The van der Waals surface area contributed by atoms with Crippen molar-refractivity contribution in [2.75, 3.05) is 6.54 Å². The van der Waals surface area contributed by atoms with Crippen molar-refractivity contribution in [3.05, 3.63) is 84.2 Å². The van der Waals surface area contributed by atoms with Gasteiger partial charge in [-0.05, 0) is 36.2 Å². The standard InChI is InChI=1S/C20H23N5.HI/c1-2-21-20(22-15-17-8-4-3-5-9-17)23-16-18-10-6-11-19(14-18)25-13-7-12-24-25;/h3-14H,2,15-16H2,1H3,(H2,21,22,23);1H. The smallest absolute Gasteiger partial charge is 0.191 e. The Hall–Kier alpha value is -2.35. The molecule has 0 aliphatic carbocycles. The third kappa shape index (κ3) is 5.87. The summed E-state index contributed by atoms with van der Waals surface area (Å²) in [7, 11) is 0. The van der Waals surface area contributed by atoms with Gasteiger partial charge in [0.05, 0.1) is 12.2 Å². The number of rotatable bonds is 6. The Morgan fingerprint density at radius 1 is 1.00 bits per heavy atom. The lowest BCUT2D eigenvalue weighted by Crippen LogP contribution is -2.36. The molecule has 0 fully saturated rings. The lowest BCUT2D eigenvalue weighted by Gasteiger charge is -2.11. The summed E-state index contributed by atoms with van der Waals surface area (Å²) in [5.74, 6) is 0.816. The maximum atomic E-state index is 4.69. The molecule has 6 heteroatoms. The van der Waals surface area contributed by atoms with Gasteiger partial charge in [0.2, 0.25) is 0 Å². The van der Waals surface area contributed by atoms with Crippen molar-refractivity contribution in [1.29, 1.82) is 0 Å². The normalized spacial score (nSPS) is 10.9. The second kappa shape index (κ2) is 10.6. The van der Waals surface area contributed by atoms with Crippen LogP contribution in [0.25, 0.3) is 5.69 Å². The van der Waals surface area contributed by atoms with Crippen LogP contribution >= 0.6 is 24.0 Å². The second-order valence-electron chi connectivity index (χ2n) is 5.65. The van der Waals surface area contributed by atoms with Gasteiger partial charge in [-0.2, -0.15) is 5.10 Å². The van der Waals surface area contributed by atoms with E-state index in [1.807, 2.05) is 47.3 Å². The summed E-state index contributed by atoms with van der Waals surface area (Å²) < 4.78 is 1.85. The Morgan fingerprint density at radius 3 is 2.54 bits per heavy atom. The fourth-order valence-electron chi connectivity index (χ4n) is 2.51. The van der Waals surface area contributed by atoms with E-state index in [0.29, 0.717) is 6.54 Å². The molecule has 0 aliphatic rings. The monoisotopic (exact) mass is 461 g/mol. The first-order chi connectivity index (χ1) is 12.3. The molecule has 0 radical (unpaired) electrons. The number of hydrogen-bond acceptors (Lipinski definition) is 2. The van der Waals surface area contributed by atoms with E-state index in [4.69, 9.17) is 0 Å². The lowest BCUT2D eigenvalue weighted by atomic mass is 10.2. The van der Waals surface area contributed by atoms with Crippen LogP contribution < -0.4 is 10.6 Å². The second-order valence-corrected chi connectivity index (χ2v) is 5.65. The molecule has 26 heavy (non-hydrogen) atoms. The topological polar surface area (TPSA) is 54.2 Å². The number of benzene rings is 2. The molecule has 1 heterocycles. The van der Waals surface area contributed by atoms with E-state index in [1.54, 1.807) is 6.20 Å². The summed E-state index contributed by atoms with van der Waals surface area (Å²) in [6.45, 7) is 4.26. The zero-order valence-electron chi connectivity index (χ0n) is 14.8. The van der Waals surface area contributed by atoms with E-state index in [-0.39, 0.29) is 24.0 Å². The van der Waals surface area contributed by atoms with Gasteiger partial charge in [-0.1, -0.05) is 42.5 Å². The molecule has 0 atom stereocenters. The molecule has 3 rings (SSSR count). The number of nitrogens with zero attached hydrogens (tertiary/aromatic N) is 3. The van der Waals surface area contributed by atoms with Crippen LogP contribution in [0.4, 0.5) is 0 Å². The first kappa shape index (κ1) is 20.0. The molecule has 2 N–H and O–H groups in total. The van der Waals surface area contributed by atoms with Crippen molar-refractivity contribution in [2.45, 2.75) is 20.0 Å². The molecule has 0 spiro atoms. The van der Waals surface area contributed by atoms with Crippen LogP contribution in [0.15, 0.2) is 78.0 Å². The Kier molecular flexibility index (Phi) is 8.14. The summed E-state index contributed by atoms with van der Waals surface area (Å²) in [6, 6.07) is 20.5. The molecular formula is C20H24IN5. The van der Waals surface area contributed by atoms with Crippen molar-refractivity contribution >= 4 is 29.9 Å². The first-order valence-corrected chi connectivity index (χ1v) is 8.50. The maximum absolute atomic E-state index is 4.69. The Labute approximate surface area is 171 Å². The predicted octanol–water partition coefficient (Wildman–Crippen LogP) is 3.75. The lowest BCUT2D eigenvalue weighted by molar-refractivity contribution is 0.815. The van der Waals surface area contributed by atoms with Gasteiger partial charge in [-0.15, -0.1) is 24.0 Å². The van der Waals surface area contributed by atoms with Gasteiger partial charge in [0.25, 0.3) is 0 Å². The highest BCUT2D eigenvalue weighted by Crippen LogP contribution is 2.10. The zero-order valence-corrected chi connectivity index (χ0v) is 17.1. The molecule has 0 bridgehead atoms. The molecule has 2 aromatic carbocycles. The van der Waals surface area contributed by atoms with Gasteiger partial charge in [0, 0.05) is 25.5 Å². The largest absolute Gasteiger partial charge is 0.357 e. The third-order valence-electron chi connectivity index (χ3n) is 3.75. The molecule has 3 aromatic rings. The summed E-state index contributed by atoms with van der Waals surface area (Å²) in [5.41, 5.74) is 3.42. The summed E-state index contributed by atoms with van der Waals surface area (Å²) in [6.07, 6.45) is 3.72. The van der Waals surface area contributed by atoms with Crippen LogP contribution in [0.2, 0.25) is 0 Å². The molecule has 1 aromatic heterocycles. The summed E-state index contributed by atoms with van der Waals surface area (Å²) >= 11 is 0. The molecule has 0 amide bonds. The van der Waals surface area contributed by atoms with E-state index in [0.717, 1.165) is 30.3 Å². The van der Waals surface area contributed by atoms with Gasteiger partial charge in [-0.3, -0.25) is 0 Å². The van der Waals surface area contributed by atoms with Gasteiger partial charge < -0.3 is 10.6 Å². The van der Waals surface area contributed by atoms with Crippen molar-refractivity contribution < 1.29 is 0 Å². The average Bonchev–Trinajstić information content (AvgIpc) is 3.20. The average molecular weight is 461 g/mol. The van der Waals surface area contributed by atoms with Crippen LogP contribution in [-0.4, -0.2) is 22.3 Å². The number of nitrogens with one attached hydrogen (secondary N) is 2. The van der Waals surface area contributed by atoms with Gasteiger partial charge >= 0.3 is 0 Å². The van der Waals surface area contributed by atoms with Gasteiger partial charge in [0.15, 0.2) is 5.96 Å². The van der Waals surface area contributed by atoms with Crippen LogP contribution in [0, 0.1) is 0 Å². The quantitative estimate of drug-likeness (QED) is 0.334. The summed E-state index contributed by atoms with van der Waals surface area (Å²) in [4.78, 5) is 4.69. The first-order valence-electron chi connectivity index (χ1n) is 8.50. The minimum Gasteiger partial charge on any atom is -0.357 e. The Bertz CT molecular complexity index is 800. The minimum absolute atomic E-state index is 0. The highest BCUT2D eigenvalue weighted by Gasteiger charge is 2.01. The molecule has 0 aliphatic heterocycles. The maximum Gasteiger partial charge on any atom is 0.191 e. The Morgan fingerprint density at radius 2 is 1.81 bits per heavy atom. The van der Waals surface area contributed by atoms with E-state index in [9.17, 15) is 0 Å². The molecule has 136 valence electrons. The third-order valence-corrected chi connectivity index (χ3v) is 3.75. The Balaban J connectivity index is 0.00000243. The van der Waals surface area contributed by atoms with E-state index >= 15 is 0 Å². The predicted molar refractivity (Wildman–Crippen MR) is 117 cm³/mol. The molecule has 0 saturated carbocycles. The van der Waals surface area contributed by atoms with Crippen LogP contribution in [0.3, 0.4) is 0 Å².